The van der Waals surface area contributed by atoms with Crippen LogP contribution in [0.1, 0.15) is 46.5 Å². The third kappa shape index (κ3) is 7.67. The summed E-state index contributed by atoms with van der Waals surface area (Å²) in [6.45, 7) is 8.85. The van der Waals surface area contributed by atoms with E-state index in [1.807, 2.05) is 30.3 Å². The highest BCUT2D eigenvalue weighted by atomic mass is 32.2. The van der Waals surface area contributed by atoms with E-state index in [9.17, 15) is 32.0 Å². The number of carbonyl (C=O) groups is 4. The summed E-state index contributed by atoms with van der Waals surface area (Å²) in [6.07, 6.45) is 2.37. The summed E-state index contributed by atoms with van der Waals surface area (Å²) < 4.78 is 52.5. The minimum atomic E-state index is -3.91. The van der Waals surface area contributed by atoms with E-state index in [0.717, 1.165) is 22.9 Å². The molecule has 15 heteroatoms. The number of aromatic nitrogens is 1. The Morgan fingerprint density at radius 3 is 2.43 bits per heavy atom. The van der Waals surface area contributed by atoms with E-state index in [-0.39, 0.29) is 25.1 Å². The first-order chi connectivity index (χ1) is 24.1. The fraction of sp³-hybridized carbons (Fsp3) is 0.417. The molecule has 51 heavy (non-hydrogen) atoms. The number of fused-ring (bicyclic) bond motifs is 1. The van der Waals surface area contributed by atoms with Gasteiger partial charge in [0.1, 0.15) is 35.3 Å². The first-order valence-corrected chi connectivity index (χ1v) is 18.2. The predicted octanol–water partition coefficient (Wildman–Crippen LogP) is 3.59. The molecule has 6 rings (SSSR count). The predicted molar refractivity (Wildman–Crippen MR) is 184 cm³/mol. The third-order valence-electron chi connectivity index (χ3n) is 9.41. The van der Waals surface area contributed by atoms with Gasteiger partial charge in [-0.2, -0.15) is 0 Å². The average molecular weight is 722 g/mol. The molecule has 0 spiro atoms. The van der Waals surface area contributed by atoms with Crippen LogP contribution < -0.4 is 24.8 Å². The van der Waals surface area contributed by atoms with Crippen LogP contribution in [0.5, 0.6) is 11.6 Å². The van der Waals surface area contributed by atoms with Gasteiger partial charge in [0, 0.05) is 23.9 Å². The van der Waals surface area contributed by atoms with Crippen LogP contribution in [0, 0.1) is 17.2 Å². The van der Waals surface area contributed by atoms with E-state index < -0.39 is 80.0 Å². The van der Waals surface area contributed by atoms with E-state index in [2.05, 4.69) is 26.9 Å². The lowest BCUT2D eigenvalue weighted by Crippen LogP contribution is -2.60. The van der Waals surface area contributed by atoms with Crippen LogP contribution in [0.3, 0.4) is 0 Å². The van der Waals surface area contributed by atoms with Gasteiger partial charge in [-0.25, -0.2) is 22.6 Å². The molecule has 5 atom stereocenters. The quantitative estimate of drug-likeness (QED) is 0.250. The lowest BCUT2D eigenvalue weighted by Gasteiger charge is -2.35. The molecule has 3 aromatic rings. The van der Waals surface area contributed by atoms with Gasteiger partial charge in [-0.1, -0.05) is 45.0 Å². The summed E-state index contributed by atoms with van der Waals surface area (Å²) in [5.74, 6) is -2.90. The summed E-state index contributed by atoms with van der Waals surface area (Å²) in [5, 5.41) is 6.30. The maximum atomic E-state index is 14.4. The summed E-state index contributed by atoms with van der Waals surface area (Å²) in [7, 11) is -3.91. The highest BCUT2D eigenvalue weighted by Gasteiger charge is 2.62. The van der Waals surface area contributed by atoms with Gasteiger partial charge in [0.25, 0.3) is 5.91 Å². The van der Waals surface area contributed by atoms with Crippen molar-refractivity contribution in [3.8, 4) is 11.6 Å². The van der Waals surface area contributed by atoms with Crippen molar-refractivity contribution in [3.63, 3.8) is 0 Å². The Morgan fingerprint density at radius 1 is 1.08 bits per heavy atom. The molecule has 2 aliphatic carbocycles. The van der Waals surface area contributed by atoms with Crippen molar-refractivity contribution in [1.82, 2.24) is 25.2 Å². The monoisotopic (exact) mass is 721 g/mol. The van der Waals surface area contributed by atoms with Crippen molar-refractivity contribution >= 4 is 44.6 Å². The van der Waals surface area contributed by atoms with Gasteiger partial charge in [0.2, 0.25) is 27.7 Å². The number of ether oxygens (including phenoxy) is 2. The van der Waals surface area contributed by atoms with Gasteiger partial charge in [0.15, 0.2) is 0 Å². The van der Waals surface area contributed by atoms with Crippen molar-refractivity contribution in [2.75, 3.05) is 6.54 Å². The van der Waals surface area contributed by atoms with Gasteiger partial charge in [-0.15, -0.1) is 6.58 Å². The smallest absolute Gasteiger partial charge is 0.413 e. The highest BCUT2D eigenvalue weighted by Crippen LogP contribution is 2.45. The first kappa shape index (κ1) is 35.8. The topological polar surface area (TPSA) is 173 Å². The molecule has 1 aromatic heterocycles. The van der Waals surface area contributed by atoms with Gasteiger partial charge < -0.3 is 25.0 Å². The van der Waals surface area contributed by atoms with Gasteiger partial charge >= 0.3 is 6.09 Å². The molecule has 0 radical (unpaired) electrons. The number of likely N-dealkylation sites (tertiary alicyclic amines) is 1. The molecule has 3 fully saturated rings. The number of amides is 4. The van der Waals surface area contributed by atoms with Crippen LogP contribution in [-0.2, 0) is 24.4 Å². The Bertz CT molecular complexity index is 1980. The summed E-state index contributed by atoms with van der Waals surface area (Å²) in [6, 6.07) is 11.7. The molecule has 2 aromatic carbocycles. The number of hydrogen-bond donors (Lipinski definition) is 3. The van der Waals surface area contributed by atoms with Crippen molar-refractivity contribution < 1.29 is 41.5 Å². The average Bonchev–Trinajstić information content (AvgIpc) is 4.01. The zero-order valence-corrected chi connectivity index (χ0v) is 29.2. The second-order valence-corrected chi connectivity index (χ2v) is 16.2. The number of carbonyl (C=O) groups excluding carboxylic acids is 4. The molecule has 1 aliphatic heterocycles. The molecular weight excluding hydrogens is 681 g/mol. The Labute approximate surface area is 295 Å². The number of nitrogens with one attached hydrogen (secondary N) is 3. The van der Waals surface area contributed by atoms with Gasteiger partial charge in [-0.3, -0.25) is 19.1 Å². The van der Waals surface area contributed by atoms with Gasteiger partial charge in [0.05, 0.1) is 11.8 Å². The van der Waals surface area contributed by atoms with E-state index in [0.29, 0.717) is 18.7 Å². The number of rotatable bonds is 11. The molecule has 1 saturated heterocycles. The molecule has 270 valence electrons. The van der Waals surface area contributed by atoms with E-state index in [4.69, 9.17) is 9.47 Å². The van der Waals surface area contributed by atoms with E-state index in [1.165, 1.54) is 23.1 Å². The number of nitrogens with zero attached hydrogens (tertiary/aromatic N) is 2. The molecule has 13 nitrogen and oxygen atoms in total. The number of halogens is 1. The normalized spacial score (nSPS) is 23.5. The van der Waals surface area contributed by atoms with Crippen LogP contribution >= 0.6 is 0 Å². The minimum absolute atomic E-state index is 0.00378. The number of hydrogen-bond acceptors (Lipinski definition) is 9. The third-order valence-corrected chi connectivity index (χ3v) is 11.2. The van der Waals surface area contributed by atoms with Crippen LogP contribution in [0.2, 0.25) is 0 Å². The number of benzene rings is 2. The lowest BCUT2D eigenvalue weighted by atomic mass is 9.85. The Hall–Kier alpha value is -5.05. The molecular formula is C36H40FN5O8S. The summed E-state index contributed by atoms with van der Waals surface area (Å²) in [4.78, 5) is 60.7. The second kappa shape index (κ2) is 13.6. The fourth-order valence-corrected chi connectivity index (χ4v) is 7.67. The maximum Gasteiger partial charge on any atom is 0.413 e. The number of pyridine rings is 1. The second-order valence-electron chi connectivity index (χ2n) is 14.3. The SMILES string of the molecule is C=CC1CC1(NC(=O)C1CC(Oc2nccc3ccccc23)CN1C(=O)C(NC(=O)Oc1ccc(F)cc1)C(C)(C)C)C(=O)NS(=O)(=O)C1CC1. The summed E-state index contributed by atoms with van der Waals surface area (Å²) in [5.41, 5.74) is -2.47. The standard InChI is InChI=1S/C36H40FN5O8S/c1-5-22-19-36(22,33(45)41-51(47,48)26-14-15-26)40-30(43)28-18-25(49-31-27-9-7-6-8-21(27)16-17-38-31)20-42(28)32(44)29(35(2,3)4)39-34(46)50-24-12-10-23(37)11-13-24/h5-13,16-17,22,25-26,28-29H,1,14-15,18-20H2,2-4H3,(H,39,46)(H,40,43)(H,41,45). The van der Waals surface area contributed by atoms with E-state index in [1.54, 1.807) is 27.0 Å². The Balaban J connectivity index is 1.27. The minimum Gasteiger partial charge on any atom is -0.472 e. The molecule has 3 aliphatic rings. The van der Waals surface area contributed by atoms with Crippen molar-refractivity contribution in [3.05, 3.63) is 79.3 Å². The lowest BCUT2D eigenvalue weighted by molar-refractivity contribution is -0.142. The van der Waals surface area contributed by atoms with E-state index >= 15 is 0 Å². The molecule has 3 N–H and O–H groups in total. The van der Waals surface area contributed by atoms with Crippen molar-refractivity contribution in [1.29, 1.82) is 0 Å². The van der Waals surface area contributed by atoms with Crippen LogP contribution in [0.25, 0.3) is 10.8 Å². The largest absolute Gasteiger partial charge is 0.472 e. The maximum absolute atomic E-state index is 14.4. The molecule has 0 bridgehead atoms. The zero-order valence-electron chi connectivity index (χ0n) is 28.4. The van der Waals surface area contributed by atoms with Gasteiger partial charge in [-0.05, 0) is 66.5 Å². The van der Waals surface area contributed by atoms with Crippen LogP contribution in [-0.4, -0.2) is 77.6 Å². The molecule has 2 saturated carbocycles. The zero-order chi connectivity index (χ0) is 36.7. The Kier molecular flexibility index (Phi) is 9.53. The molecule has 5 unspecified atom stereocenters. The first-order valence-electron chi connectivity index (χ1n) is 16.7. The Morgan fingerprint density at radius 2 is 1.78 bits per heavy atom. The molecule has 2 heterocycles. The van der Waals surface area contributed by atoms with Crippen LogP contribution in [0.15, 0.2) is 73.4 Å². The molecule has 4 amide bonds. The highest BCUT2D eigenvalue weighted by molar-refractivity contribution is 7.91. The van der Waals surface area contributed by atoms with Crippen molar-refractivity contribution in [2.24, 2.45) is 11.3 Å². The fourth-order valence-electron chi connectivity index (χ4n) is 6.31. The van der Waals surface area contributed by atoms with Crippen molar-refractivity contribution in [2.45, 2.75) is 75.4 Å². The summed E-state index contributed by atoms with van der Waals surface area (Å²) >= 11 is 0. The van der Waals surface area contributed by atoms with Crippen LogP contribution in [0.4, 0.5) is 9.18 Å². The number of sulfonamides is 1.